The van der Waals surface area contributed by atoms with Gasteiger partial charge in [-0.05, 0) is 24.7 Å². The van der Waals surface area contributed by atoms with E-state index < -0.39 is 0 Å². The highest BCUT2D eigenvalue weighted by molar-refractivity contribution is 5.82. The minimum atomic E-state index is -0.210. The second-order valence-electron chi connectivity index (χ2n) is 4.77. The van der Waals surface area contributed by atoms with E-state index in [1.165, 1.54) is 0 Å². The molecule has 2 rings (SSSR count). The minimum Gasteiger partial charge on any atom is -0.396 e. The van der Waals surface area contributed by atoms with E-state index in [-0.39, 0.29) is 24.0 Å². The highest BCUT2D eigenvalue weighted by Gasteiger charge is 2.42. The van der Waals surface area contributed by atoms with Crippen LogP contribution in [0.15, 0.2) is 0 Å². The van der Waals surface area contributed by atoms with Gasteiger partial charge in [-0.1, -0.05) is 0 Å². The van der Waals surface area contributed by atoms with Crippen LogP contribution in [0.1, 0.15) is 19.3 Å². The molecule has 1 saturated carbocycles. The van der Waals surface area contributed by atoms with Crippen molar-refractivity contribution in [1.29, 1.82) is 0 Å². The van der Waals surface area contributed by atoms with Crippen molar-refractivity contribution in [2.24, 2.45) is 5.41 Å². The van der Waals surface area contributed by atoms with Crippen LogP contribution in [0.4, 0.5) is 0 Å². The van der Waals surface area contributed by atoms with Crippen LogP contribution in [-0.4, -0.2) is 50.0 Å². The van der Waals surface area contributed by atoms with Crippen molar-refractivity contribution in [2.75, 3.05) is 32.9 Å². The third-order valence-electron chi connectivity index (χ3n) is 3.48. The summed E-state index contributed by atoms with van der Waals surface area (Å²) in [6.45, 7) is 2.77. The number of aliphatic hydroxyl groups is 1. The van der Waals surface area contributed by atoms with Crippen LogP contribution in [-0.2, 0) is 9.53 Å². The largest absolute Gasteiger partial charge is 0.396 e. The number of morpholine rings is 1. The highest BCUT2D eigenvalue weighted by atomic mass is 16.5. The lowest BCUT2D eigenvalue weighted by Crippen LogP contribution is -2.52. The lowest BCUT2D eigenvalue weighted by molar-refractivity contribution is -0.126. The van der Waals surface area contributed by atoms with E-state index in [0.717, 1.165) is 25.8 Å². The molecule has 1 heterocycles. The Kier molecular flexibility index (Phi) is 3.78. The van der Waals surface area contributed by atoms with Gasteiger partial charge < -0.3 is 20.5 Å². The number of carbonyl (C=O) groups is 1. The topological polar surface area (TPSA) is 70.6 Å². The van der Waals surface area contributed by atoms with E-state index in [2.05, 4.69) is 10.6 Å². The molecule has 5 nitrogen and oxygen atoms in total. The summed E-state index contributed by atoms with van der Waals surface area (Å²) in [5.74, 6) is 0.0175. The maximum absolute atomic E-state index is 11.8. The second kappa shape index (κ2) is 5.12. The summed E-state index contributed by atoms with van der Waals surface area (Å²) >= 11 is 0. The zero-order valence-electron chi connectivity index (χ0n) is 9.50. The summed E-state index contributed by atoms with van der Waals surface area (Å²) in [6.07, 6.45) is 3.02. The van der Waals surface area contributed by atoms with Gasteiger partial charge in [0, 0.05) is 19.7 Å². The molecule has 1 aliphatic carbocycles. The van der Waals surface area contributed by atoms with Crippen molar-refractivity contribution in [3.8, 4) is 0 Å². The van der Waals surface area contributed by atoms with Crippen molar-refractivity contribution >= 4 is 5.91 Å². The molecular formula is C11H20N2O3. The quantitative estimate of drug-likeness (QED) is 0.579. The van der Waals surface area contributed by atoms with E-state index in [4.69, 9.17) is 9.84 Å². The predicted molar refractivity (Wildman–Crippen MR) is 59.0 cm³/mol. The van der Waals surface area contributed by atoms with Gasteiger partial charge >= 0.3 is 0 Å². The molecule has 1 amide bonds. The minimum absolute atomic E-state index is 0.0175. The molecule has 0 aromatic heterocycles. The summed E-state index contributed by atoms with van der Waals surface area (Å²) in [7, 11) is 0. The second-order valence-corrected chi connectivity index (χ2v) is 4.77. The number of rotatable bonds is 5. The van der Waals surface area contributed by atoms with Gasteiger partial charge in [0.1, 0.15) is 6.04 Å². The fourth-order valence-electron chi connectivity index (χ4n) is 2.06. The van der Waals surface area contributed by atoms with Gasteiger partial charge in [-0.25, -0.2) is 0 Å². The van der Waals surface area contributed by atoms with Crippen LogP contribution in [0.2, 0.25) is 0 Å². The molecule has 16 heavy (non-hydrogen) atoms. The molecule has 2 aliphatic rings. The third-order valence-corrected chi connectivity index (χ3v) is 3.48. The van der Waals surface area contributed by atoms with Gasteiger partial charge in [0.2, 0.25) is 5.91 Å². The molecular weight excluding hydrogens is 208 g/mol. The normalized spacial score (nSPS) is 27.4. The number of aliphatic hydroxyl groups excluding tert-OH is 1. The molecule has 2 fully saturated rings. The molecule has 0 aromatic rings. The number of hydrogen-bond donors (Lipinski definition) is 3. The van der Waals surface area contributed by atoms with E-state index in [1.54, 1.807) is 0 Å². The molecule has 0 radical (unpaired) electrons. The highest BCUT2D eigenvalue weighted by Crippen LogP contribution is 2.47. The molecule has 0 aromatic carbocycles. The smallest absolute Gasteiger partial charge is 0.239 e. The fraction of sp³-hybridized carbons (Fsp3) is 0.909. The molecule has 1 saturated heterocycles. The van der Waals surface area contributed by atoms with E-state index in [0.29, 0.717) is 19.8 Å². The van der Waals surface area contributed by atoms with E-state index >= 15 is 0 Å². The third kappa shape index (κ3) is 2.93. The molecule has 1 atom stereocenters. The Hall–Kier alpha value is -0.650. The van der Waals surface area contributed by atoms with Crippen LogP contribution in [0.3, 0.4) is 0 Å². The average molecular weight is 228 g/mol. The Morgan fingerprint density at radius 3 is 2.94 bits per heavy atom. The first-order chi connectivity index (χ1) is 7.76. The van der Waals surface area contributed by atoms with Gasteiger partial charge in [-0.2, -0.15) is 0 Å². The van der Waals surface area contributed by atoms with Gasteiger partial charge in [-0.15, -0.1) is 0 Å². The molecule has 3 N–H and O–H groups in total. The Bertz CT molecular complexity index is 248. The average Bonchev–Trinajstić information content (AvgIpc) is 3.08. The van der Waals surface area contributed by atoms with Gasteiger partial charge in [-0.3, -0.25) is 4.79 Å². The van der Waals surface area contributed by atoms with Crippen LogP contribution in [0, 0.1) is 5.41 Å². The zero-order chi connectivity index (χ0) is 11.4. The van der Waals surface area contributed by atoms with Crippen molar-refractivity contribution in [3.63, 3.8) is 0 Å². The van der Waals surface area contributed by atoms with Crippen LogP contribution < -0.4 is 10.6 Å². The van der Waals surface area contributed by atoms with Gasteiger partial charge in [0.25, 0.3) is 0 Å². The molecule has 92 valence electrons. The maximum atomic E-state index is 11.8. The number of amides is 1. The molecule has 5 heteroatoms. The van der Waals surface area contributed by atoms with Crippen LogP contribution in [0.5, 0.6) is 0 Å². The zero-order valence-corrected chi connectivity index (χ0v) is 9.50. The first-order valence-electron chi connectivity index (χ1n) is 5.95. The first kappa shape index (κ1) is 11.8. The SMILES string of the molecule is O=C(NCC1(CCO)CC1)C1COCCN1. The lowest BCUT2D eigenvalue weighted by Gasteiger charge is -2.24. The van der Waals surface area contributed by atoms with Crippen molar-refractivity contribution in [2.45, 2.75) is 25.3 Å². The summed E-state index contributed by atoms with van der Waals surface area (Å²) in [6, 6.07) is -0.210. The Morgan fingerprint density at radius 1 is 1.56 bits per heavy atom. The van der Waals surface area contributed by atoms with Crippen LogP contribution >= 0.6 is 0 Å². The van der Waals surface area contributed by atoms with E-state index in [1.807, 2.05) is 0 Å². The summed E-state index contributed by atoms with van der Waals surface area (Å²) < 4.78 is 5.23. The molecule has 0 spiro atoms. The summed E-state index contributed by atoms with van der Waals surface area (Å²) in [5, 5.41) is 15.0. The van der Waals surface area contributed by atoms with E-state index in [9.17, 15) is 4.79 Å². The monoisotopic (exact) mass is 228 g/mol. The molecule has 1 aliphatic heterocycles. The fourth-order valence-corrected chi connectivity index (χ4v) is 2.06. The first-order valence-corrected chi connectivity index (χ1v) is 5.95. The number of carbonyl (C=O) groups excluding carboxylic acids is 1. The number of ether oxygens (including phenoxy) is 1. The molecule has 1 unspecified atom stereocenters. The molecule has 0 bridgehead atoms. The Balaban J connectivity index is 1.70. The van der Waals surface area contributed by atoms with Crippen molar-refractivity contribution in [3.05, 3.63) is 0 Å². The van der Waals surface area contributed by atoms with Gasteiger partial charge in [0.15, 0.2) is 0 Å². The summed E-state index contributed by atoms with van der Waals surface area (Å²) in [5.41, 5.74) is 0.180. The van der Waals surface area contributed by atoms with Crippen molar-refractivity contribution < 1.29 is 14.6 Å². The summed E-state index contributed by atoms with van der Waals surface area (Å²) in [4.78, 5) is 11.8. The Morgan fingerprint density at radius 2 is 2.38 bits per heavy atom. The standard InChI is InChI=1S/C11H20N2O3/c14-5-3-11(1-2-11)8-13-10(15)9-7-16-6-4-12-9/h9,12,14H,1-8H2,(H,13,15). The number of nitrogens with one attached hydrogen (secondary N) is 2. The Labute approximate surface area is 95.5 Å². The predicted octanol–water partition coefficient (Wildman–Crippen LogP) is -0.746. The maximum Gasteiger partial charge on any atom is 0.239 e. The van der Waals surface area contributed by atoms with Crippen LogP contribution in [0.25, 0.3) is 0 Å². The van der Waals surface area contributed by atoms with Gasteiger partial charge in [0.05, 0.1) is 13.2 Å². The van der Waals surface area contributed by atoms with Crippen molar-refractivity contribution in [1.82, 2.24) is 10.6 Å². The lowest BCUT2D eigenvalue weighted by atomic mass is 10.0. The number of hydrogen-bond acceptors (Lipinski definition) is 4.